The molecule has 0 bridgehead atoms. The molecule has 19 heavy (non-hydrogen) atoms. The smallest absolute Gasteiger partial charge is 0.410 e. The number of rotatable bonds is 2. The summed E-state index contributed by atoms with van der Waals surface area (Å²) >= 11 is 0. The van der Waals surface area contributed by atoms with Crippen LogP contribution in [0, 0.1) is 0 Å². The van der Waals surface area contributed by atoms with Crippen molar-refractivity contribution in [2.24, 2.45) is 0 Å². The van der Waals surface area contributed by atoms with E-state index in [-0.39, 0.29) is 6.54 Å². The summed E-state index contributed by atoms with van der Waals surface area (Å²) in [6.45, 7) is 6.22. The van der Waals surface area contributed by atoms with Crippen LogP contribution in [-0.4, -0.2) is 50.5 Å². The van der Waals surface area contributed by atoms with Crippen LogP contribution in [0.5, 0.6) is 0 Å². The zero-order valence-electron chi connectivity index (χ0n) is 12.0. The summed E-state index contributed by atoms with van der Waals surface area (Å²) < 4.78 is 32.6. The number of hydrogen-bond acceptors (Lipinski definition) is 5. The summed E-state index contributed by atoms with van der Waals surface area (Å²) in [6, 6.07) is 0. The van der Waals surface area contributed by atoms with E-state index in [0.717, 1.165) is 19.1 Å². The van der Waals surface area contributed by atoms with Crippen molar-refractivity contribution in [3.8, 4) is 0 Å². The lowest BCUT2D eigenvalue weighted by Crippen LogP contribution is -2.41. The third-order valence-electron chi connectivity index (χ3n) is 2.59. The van der Waals surface area contributed by atoms with Gasteiger partial charge in [-0.25, -0.2) is 4.79 Å². The number of ether oxygens (including phenoxy) is 1. The van der Waals surface area contributed by atoms with E-state index in [1.54, 1.807) is 20.8 Å². The van der Waals surface area contributed by atoms with Gasteiger partial charge in [0.15, 0.2) is 0 Å². The van der Waals surface area contributed by atoms with Gasteiger partial charge in [0.2, 0.25) is 0 Å². The number of carbonyl (C=O) groups excluding carboxylic acids is 1. The van der Waals surface area contributed by atoms with Crippen molar-refractivity contribution < 1.29 is 22.1 Å². The lowest BCUT2D eigenvalue weighted by molar-refractivity contribution is 0.0196. The molecular weight excluding hydrogens is 270 g/mol. The molecular formula is C12H23NO5S. The molecule has 1 rings (SSSR count). The molecule has 1 unspecified atom stereocenters. The Morgan fingerprint density at radius 1 is 1.26 bits per heavy atom. The molecule has 0 aromatic heterocycles. The summed E-state index contributed by atoms with van der Waals surface area (Å²) in [4.78, 5) is 13.5. The van der Waals surface area contributed by atoms with Crippen LogP contribution in [-0.2, 0) is 19.0 Å². The lowest BCUT2D eigenvalue weighted by Gasteiger charge is -2.27. The van der Waals surface area contributed by atoms with Crippen molar-refractivity contribution in [2.45, 2.75) is 51.7 Å². The van der Waals surface area contributed by atoms with Gasteiger partial charge >= 0.3 is 6.09 Å². The number of hydrogen-bond donors (Lipinski definition) is 0. The molecule has 0 aromatic carbocycles. The molecule has 0 aromatic rings. The fourth-order valence-electron chi connectivity index (χ4n) is 1.92. The molecule has 0 saturated carbocycles. The lowest BCUT2D eigenvalue weighted by atomic mass is 10.2. The second-order valence-corrected chi connectivity index (χ2v) is 7.45. The van der Waals surface area contributed by atoms with E-state index >= 15 is 0 Å². The van der Waals surface area contributed by atoms with Gasteiger partial charge < -0.3 is 9.64 Å². The van der Waals surface area contributed by atoms with Crippen LogP contribution in [0.1, 0.15) is 40.0 Å². The highest BCUT2D eigenvalue weighted by molar-refractivity contribution is 7.86. The van der Waals surface area contributed by atoms with E-state index in [0.29, 0.717) is 13.0 Å². The number of likely N-dealkylation sites (tertiary alicyclic amines) is 1. The quantitative estimate of drug-likeness (QED) is 0.725. The first-order valence-corrected chi connectivity index (χ1v) is 8.25. The largest absolute Gasteiger partial charge is 0.444 e. The second-order valence-electron chi connectivity index (χ2n) is 5.84. The van der Waals surface area contributed by atoms with Gasteiger partial charge in [0, 0.05) is 6.54 Å². The van der Waals surface area contributed by atoms with Crippen molar-refractivity contribution in [2.75, 3.05) is 19.3 Å². The Morgan fingerprint density at radius 3 is 2.42 bits per heavy atom. The van der Waals surface area contributed by atoms with E-state index in [1.165, 1.54) is 4.90 Å². The van der Waals surface area contributed by atoms with Gasteiger partial charge in [-0.3, -0.25) is 4.18 Å². The standard InChI is InChI=1S/C12H23NO5S/c1-12(2,3)17-11(14)13-8-6-5-7-10(9-13)18-19(4,15)16/h10H,5-9H2,1-4H3. The first kappa shape index (κ1) is 16.2. The summed E-state index contributed by atoms with van der Waals surface area (Å²) in [5, 5.41) is 0. The predicted octanol–water partition coefficient (Wildman–Crippen LogP) is 1.75. The Kier molecular flexibility index (Phi) is 5.20. The summed E-state index contributed by atoms with van der Waals surface area (Å²) in [6.07, 6.45) is 2.41. The monoisotopic (exact) mass is 293 g/mol. The Morgan fingerprint density at radius 2 is 1.89 bits per heavy atom. The molecule has 6 nitrogen and oxygen atoms in total. The molecule has 1 heterocycles. The van der Waals surface area contributed by atoms with Gasteiger partial charge in [-0.05, 0) is 40.0 Å². The van der Waals surface area contributed by atoms with Crippen LogP contribution in [0.15, 0.2) is 0 Å². The van der Waals surface area contributed by atoms with Crippen LogP contribution in [0.2, 0.25) is 0 Å². The van der Waals surface area contributed by atoms with Crippen LogP contribution in [0.25, 0.3) is 0 Å². The van der Waals surface area contributed by atoms with E-state index < -0.39 is 27.9 Å². The maximum absolute atomic E-state index is 12.0. The molecule has 0 N–H and O–H groups in total. The molecule has 1 atom stereocenters. The first-order valence-electron chi connectivity index (χ1n) is 6.43. The molecule has 1 amide bonds. The first-order chi connectivity index (χ1) is 8.57. The minimum absolute atomic E-state index is 0.252. The molecule has 1 aliphatic rings. The third-order valence-corrected chi connectivity index (χ3v) is 3.21. The van der Waals surface area contributed by atoms with Gasteiger partial charge in [-0.1, -0.05) is 0 Å². The van der Waals surface area contributed by atoms with Crippen LogP contribution >= 0.6 is 0 Å². The zero-order chi connectivity index (χ0) is 14.7. The molecule has 1 fully saturated rings. The Labute approximate surface area is 115 Å². The summed E-state index contributed by atoms with van der Waals surface area (Å²) in [5.41, 5.74) is -0.559. The van der Waals surface area contributed by atoms with Gasteiger partial charge in [0.25, 0.3) is 10.1 Å². The maximum Gasteiger partial charge on any atom is 0.410 e. The van der Waals surface area contributed by atoms with Crippen molar-refractivity contribution in [1.82, 2.24) is 4.90 Å². The third kappa shape index (κ3) is 6.77. The summed E-state index contributed by atoms with van der Waals surface area (Å²) in [7, 11) is -3.50. The highest BCUT2D eigenvalue weighted by atomic mass is 32.2. The molecule has 1 saturated heterocycles. The number of nitrogens with zero attached hydrogens (tertiary/aromatic N) is 1. The second kappa shape index (κ2) is 6.09. The normalized spacial score (nSPS) is 21.9. The van der Waals surface area contributed by atoms with E-state index in [4.69, 9.17) is 8.92 Å². The van der Waals surface area contributed by atoms with Crippen molar-refractivity contribution in [3.63, 3.8) is 0 Å². The average molecular weight is 293 g/mol. The number of amides is 1. The van der Waals surface area contributed by atoms with Crippen molar-refractivity contribution in [3.05, 3.63) is 0 Å². The fourth-order valence-corrected chi connectivity index (χ4v) is 2.57. The average Bonchev–Trinajstić information content (AvgIpc) is 2.38. The Hall–Kier alpha value is -0.820. The van der Waals surface area contributed by atoms with Gasteiger partial charge in [-0.15, -0.1) is 0 Å². The Balaban J connectivity index is 2.65. The highest BCUT2D eigenvalue weighted by Gasteiger charge is 2.28. The number of carbonyl (C=O) groups is 1. The van der Waals surface area contributed by atoms with Crippen LogP contribution in [0.3, 0.4) is 0 Å². The minimum Gasteiger partial charge on any atom is -0.444 e. The zero-order valence-corrected chi connectivity index (χ0v) is 12.8. The minimum atomic E-state index is -3.50. The van der Waals surface area contributed by atoms with E-state index in [1.807, 2.05) is 0 Å². The fraction of sp³-hybridized carbons (Fsp3) is 0.917. The molecule has 0 spiro atoms. The molecule has 1 aliphatic heterocycles. The maximum atomic E-state index is 12.0. The molecule has 7 heteroatoms. The molecule has 0 radical (unpaired) electrons. The molecule has 0 aliphatic carbocycles. The SMILES string of the molecule is CC(C)(C)OC(=O)N1CCCCC(OS(C)(=O)=O)C1. The Bertz CT molecular complexity index is 412. The van der Waals surface area contributed by atoms with Crippen molar-refractivity contribution >= 4 is 16.2 Å². The predicted molar refractivity (Wildman–Crippen MR) is 71.4 cm³/mol. The van der Waals surface area contributed by atoms with Gasteiger partial charge in [-0.2, -0.15) is 8.42 Å². The van der Waals surface area contributed by atoms with Crippen molar-refractivity contribution in [1.29, 1.82) is 0 Å². The van der Waals surface area contributed by atoms with Gasteiger partial charge in [0.05, 0.1) is 18.9 Å². The van der Waals surface area contributed by atoms with E-state index in [9.17, 15) is 13.2 Å². The van der Waals surface area contributed by atoms with Crippen LogP contribution in [0.4, 0.5) is 4.79 Å². The topological polar surface area (TPSA) is 72.9 Å². The highest BCUT2D eigenvalue weighted by Crippen LogP contribution is 2.18. The summed E-state index contributed by atoms with van der Waals surface area (Å²) in [5.74, 6) is 0. The van der Waals surface area contributed by atoms with Gasteiger partial charge in [0.1, 0.15) is 5.60 Å². The van der Waals surface area contributed by atoms with Crippen LogP contribution < -0.4 is 0 Å². The molecule has 112 valence electrons. The van der Waals surface area contributed by atoms with E-state index in [2.05, 4.69) is 0 Å².